The maximum atomic E-state index is 5.93. The van der Waals surface area contributed by atoms with Crippen LogP contribution in [-0.2, 0) is 4.74 Å². The Labute approximate surface area is 159 Å². The third-order valence-electron chi connectivity index (χ3n) is 5.80. The molecule has 1 N–H and O–H groups in total. The van der Waals surface area contributed by atoms with Crippen molar-refractivity contribution in [3.63, 3.8) is 0 Å². The van der Waals surface area contributed by atoms with Crippen molar-refractivity contribution in [3.05, 3.63) is 42.5 Å². The molecule has 2 aliphatic heterocycles. The molecule has 0 amide bonds. The molecule has 1 fully saturated rings. The first kappa shape index (κ1) is 16.6. The van der Waals surface area contributed by atoms with E-state index in [9.17, 15) is 0 Å². The first-order valence-corrected chi connectivity index (χ1v) is 9.89. The number of aromatic nitrogens is 1. The summed E-state index contributed by atoms with van der Waals surface area (Å²) >= 11 is 0. The number of rotatable bonds is 4. The van der Waals surface area contributed by atoms with Crippen molar-refractivity contribution in [2.45, 2.75) is 32.4 Å². The Kier molecular flexibility index (Phi) is 4.24. The zero-order chi connectivity index (χ0) is 18.2. The molecule has 0 bridgehead atoms. The third kappa shape index (κ3) is 3.16. The molecule has 1 saturated heterocycles. The van der Waals surface area contributed by atoms with Crippen molar-refractivity contribution in [3.8, 4) is 11.5 Å². The average Bonchev–Trinajstić information content (AvgIpc) is 3.27. The van der Waals surface area contributed by atoms with Crippen LogP contribution in [0.25, 0.3) is 22.6 Å². The SMILES string of the molecule is CC1Nc2cc(-c3nc4ccccc4o3)ccc2N1CCC1CCOCC1. The van der Waals surface area contributed by atoms with Crippen LogP contribution in [0.2, 0.25) is 0 Å². The fourth-order valence-electron chi connectivity index (χ4n) is 4.21. The lowest BCUT2D eigenvalue weighted by Crippen LogP contribution is -2.35. The normalized spacial score (nSPS) is 20.0. The topological polar surface area (TPSA) is 50.5 Å². The largest absolute Gasteiger partial charge is 0.436 e. The highest BCUT2D eigenvalue weighted by Crippen LogP contribution is 2.38. The lowest BCUT2D eigenvalue weighted by molar-refractivity contribution is 0.0644. The Hall–Kier alpha value is -2.53. The van der Waals surface area contributed by atoms with Crippen LogP contribution in [0, 0.1) is 5.92 Å². The highest BCUT2D eigenvalue weighted by molar-refractivity contribution is 5.82. The van der Waals surface area contributed by atoms with Crippen LogP contribution in [0.5, 0.6) is 0 Å². The lowest BCUT2D eigenvalue weighted by atomic mass is 9.96. The molecule has 1 unspecified atom stereocenters. The van der Waals surface area contributed by atoms with Gasteiger partial charge in [-0.05, 0) is 62.4 Å². The number of hydrogen-bond acceptors (Lipinski definition) is 5. The summed E-state index contributed by atoms with van der Waals surface area (Å²) in [6.07, 6.45) is 3.92. The number of benzene rings is 2. The van der Waals surface area contributed by atoms with Gasteiger partial charge in [0, 0.05) is 25.3 Å². The molecule has 0 aliphatic carbocycles. The predicted octanol–water partition coefficient (Wildman–Crippen LogP) is 4.89. The van der Waals surface area contributed by atoms with Crippen LogP contribution in [0.3, 0.4) is 0 Å². The van der Waals surface area contributed by atoms with Gasteiger partial charge in [0.15, 0.2) is 5.58 Å². The number of para-hydroxylation sites is 2. The summed E-state index contributed by atoms with van der Waals surface area (Å²) in [5.41, 5.74) is 5.17. The fourth-order valence-corrected chi connectivity index (χ4v) is 4.21. The van der Waals surface area contributed by atoms with E-state index in [-0.39, 0.29) is 0 Å². The van der Waals surface area contributed by atoms with E-state index in [1.807, 2.05) is 24.3 Å². The molecule has 5 nitrogen and oxygen atoms in total. The Morgan fingerprint density at radius 1 is 1.15 bits per heavy atom. The number of ether oxygens (including phenoxy) is 1. The second-order valence-corrected chi connectivity index (χ2v) is 7.58. The highest BCUT2D eigenvalue weighted by Gasteiger charge is 2.27. The molecule has 140 valence electrons. The lowest BCUT2D eigenvalue weighted by Gasteiger charge is -2.28. The van der Waals surface area contributed by atoms with E-state index in [1.54, 1.807) is 0 Å². The van der Waals surface area contributed by atoms with Gasteiger partial charge in [0.1, 0.15) is 5.52 Å². The van der Waals surface area contributed by atoms with Crippen molar-refractivity contribution in [2.75, 3.05) is 30.0 Å². The quantitative estimate of drug-likeness (QED) is 0.715. The fraction of sp³-hybridized carbons (Fsp3) is 0.409. The molecule has 27 heavy (non-hydrogen) atoms. The summed E-state index contributed by atoms with van der Waals surface area (Å²) in [7, 11) is 0. The summed E-state index contributed by atoms with van der Waals surface area (Å²) in [6.45, 7) is 5.14. The molecular weight excluding hydrogens is 338 g/mol. The van der Waals surface area contributed by atoms with E-state index in [0.717, 1.165) is 48.0 Å². The summed E-state index contributed by atoms with van der Waals surface area (Å²) in [6, 6.07) is 14.4. The van der Waals surface area contributed by atoms with Crippen LogP contribution in [-0.4, -0.2) is 30.9 Å². The molecular formula is C22H25N3O2. The minimum absolute atomic E-state index is 0.304. The first-order valence-electron chi connectivity index (χ1n) is 9.89. The Balaban J connectivity index is 1.36. The highest BCUT2D eigenvalue weighted by atomic mass is 16.5. The van der Waals surface area contributed by atoms with Crippen LogP contribution in [0.1, 0.15) is 26.2 Å². The molecule has 2 aromatic carbocycles. The molecule has 0 spiro atoms. The van der Waals surface area contributed by atoms with Crippen molar-refractivity contribution in [2.24, 2.45) is 5.92 Å². The van der Waals surface area contributed by atoms with E-state index in [4.69, 9.17) is 9.15 Å². The summed E-state index contributed by atoms with van der Waals surface area (Å²) in [5, 5.41) is 3.61. The first-order chi connectivity index (χ1) is 13.3. The molecule has 2 aliphatic rings. The second-order valence-electron chi connectivity index (χ2n) is 7.58. The van der Waals surface area contributed by atoms with E-state index < -0.39 is 0 Å². The van der Waals surface area contributed by atoms with Gasteiger partial charge < -0.3 is 19.4 Å². The number of oxazole rings is 1. The summed E-state index contributed by atoms with van der Waals surface area (Å²) in [5.74, 6) is 1.46. The molecule has 5 rings (SSSR count). The third-order valence-corrected chi connectivity index (χ3v) is 5.80. The van der Waals surface area contributed by atoms with Crippen LogP contribution < -0.4 is 10.2 Å². The van der Waals surface area contributed by atoms with Crippen molar-refractivity contribution in [1.29, 1.82) is 0 Å². The van der Waals surface area contributed by atoms with Gasteiger partial charge in [0.2, 0.25) is 5.89 Å². The molecule has 3 aromatic rings. The molecule has 0 saturated carbocycles. The van der Waals surface area contributed by atoms with Gasteiger partial charge in [-0.1, -0.05) is 12.1 Å². The summed E-state index contributed by atoms with van der Waals surface area (Å²) in [4.78, 5) is 7.10. The second kappa shape index (κ2) is 6.89. The number of anilines is 2. The van der Waals surface area contributed by atoms with E-state index in [2.05, 4.69) is 40.3 Å². The van der Waals surface area contributed by atoms with Crippen LogP contribution in [0.4, 0.5) is 11.4 Å². The Bertz CT molecular complexity index is 913. The van der Waals surface area contributed by atoms with E-state index >= 15 is 0 Å². The zero-order valence-corrected chi connectivity index (χ0v) is 15.6. The number of nitrogens with zero attached hydrogens (tertiary/aromatic N) is 2. The summed E-state index contributed by atoms with van der Waals surface area (Å²) < 4.78 is 11.4. The van der Waals surface area contributed by atoms with Crippen molar-refractivity contribution >= 4 is 22.5 Å². The maximum absolute atomic E-state index is 5.93. The van der Waals surface area contributed by atoms with Crippen molar-refractivity contribution in [1.82, 2.24) is 4.98 Å². The number of fused-ring (bicyclic) bond motifs is 2. The number of hydrogen-bond donors (Lipinski definition) is 1. The van der Waals surface area contributed by atoms with Crippen molar-refractivity contribution < 1.29 is 9.15 Å². The minimum atomic E-state index is 0.304. The van der Waals surface area contributed by atoms with Gasteiger partial charge in [-0.15, -0.1) is 0 Å². The van der Waals surface area contributed by atoms with Gasteiger partial charge in [0.25, 0.3) is 0 Å². The molecule has 5 heteroatoms. The zero-order valence-electron chi connectivity index (χ0n) is 15.6. The van der Waals surface area contributed by atoms with E-state index in [0.29, 0.717) is 12.1 Å². The van der Waals surface area contributed by atoms with Gasteiger partial charge in [-0.3, -0.25) is 0 Å². The van der Waals surface area contributed by atoms with Gasteiger partial charge >= 0.3 is 0 Å². The van der Waals surface area contributed by atoms with Gasteiger partial charge in [0.05, 0.1) is 17.5 Å². The average molecular weight is 363 g/mol. The number of nitrogens with one attached hydrogen (secondary N) is 1. The Morgan fingerprint density at radius 2 is 2.00 bits per heavy atom. The standard InChI is InChI=1S/C22H25N3O2/c1-15-23-19-14-17(22-24-18-4-2-3-5-21(18)27-22)6-7-20(19)25(15)11-8-16-9-12-26-13-10-16/h2-7,14-16,23H,8-13H2,1H3. The minimum Gasteiger partial charge on any atom is -0.436 e. The Morgan fingerprint density at radius 3 is 2.85 bits per heavy atom. The van der Waals surface area contributed by atoms with Crippen LogP contribution in [0.15, 0.2) is 46.9 Å². The molecule has 0 radical (unpaired) electrons. The predicted molar refractivity (Wildman–Crippen MR) is 108 cm³/mol. The van der Waals surface area contributed by atoms with E-state index in [1.165, 1.54) is 24.9 Å². The smallest absolute Gasteiger partial charge is 0.227 e. The molecule has 3 heterocycles. The molecule has 1 aromatic heterocycles. The maximum Gasteiger partial charge on any atom is 0.227 e. The van der Waals surface area contributed by atoms with Crippen LogP contribution >= 0.6 is 0 Å². The van der Waals surface area contributed by atoms with Gasteiger partial charge in [-0.25, -0.2) is 4.98 Å². The monoisotopic (exact) mass is 363 g/mol. The molecule has 1 atom stereocenters. The van der Waals surface area contributed by atoms with Gasteiger partial charge in [-0.2, -0.15) is 0 Å².